The Morgan fingerprint density at radius 1 is 1.04 bits per heavy atom. The fraction of sp³-hybridized carbons (Fsp3) is 0.533. The Kier molecular flexibility index (Phi) is 4.43. The van der Waals surface area contributed by atoms with Crippen LogP contribution in [0.1, 0.15) is 13.8 Å². The third-order valence-electron chi connectivity index (χ3n) is 4.41. The first kappa shape index (κ1) is 18.6. The van der Waals surface area contributed by atoms with Crippen LogP contribution in [0.3, 0.4) is 0 Å². The van der Waals surface area contributed by atoms with Gasteiger partial charge < -0.3 is 18.9 Å². The summed E-state index contributed by atoms with van der Waals surface area (Å²) in [6, 6.07) is 0. The third kappa shape index (κ3) is 2.17. The molecule has 10 nitrogen and oxygen atoms in total. The molecule has 25 heavy (non-hydrogen) atoms. The average molecular weight is 355 g/mol. The lowest BCUT2D eigenvalue weighted by molar-refractivity contribution is -0.166. The fourth-order valence-corrected chi connectivity index (χ4v) is 3.06. The topological polar surface area (TPSA) is 126 Å². The van der Waals surface area contributed by atoms with Gasteiger partial charge in [0.05, 0.1) is 33.5 Å². The Bertz CT molecular complexity index is 725. The van der Waals surface area contributed by atoms with Crippen LogP contribution in [0.25, 0.3) is 0 Å². The quantitative estimate of drug-likeness (QED) is 0.344. The van der Waals surface area contributed by atoms with Crippen molar-refractivity contribution >= 4 is 29.6 Å². The van der Waals surface area contributed by atoms with Crippen LogP contribution < -0.4 is 0 Å². The standard InChI is InChI=1S/C15H17NO9/c1-7(17)14(2)16-10(18)8(11(19)22-3)9(12(20)23-4)15(16,6-25-14)13(21)24-5/h6H2,1-5H3/t14-,15+/m0/s1. The lowest BCUT2D eigenvalue weighted by Gasteiger charge is -2.35. The number of rotatable bonds is 4. The molecule has 0 N–H and O–H groups in total. The van der Waals surface area contributed by atoms with Crippen LogP contribution in [-0.2, 0) is 42.9 Å². The van der Waals surface area contributed by atoms with Gasteiger partial charge in [0.15, 0.2) is 5.78 Å². The van der Waals surface area contributed by atoms with Gasteiger partial charge >= 0.3 is 17.9 Å². The molecule has 1 fully saturated rings. The van der Waals surface area contributed by atoms with E-state index in [9.17, 15) is 24.0 Å². The Labute approximate surface area is 142 Å². The Morgan fingerprint density at radius 2 is 1.60 bits per heavy atom. The van der Waals surface area contributed by atoms with E-state index < -0.39 is 58.6 Å². The molecule has 2 aliphatic heterocycles. The van der Waals surface area contributed by atoms with Gasteiger partial charge in [-0.2, -0.15) is 0 Å². The minimum Gasteiger partial charge on any atom is -0.467 e. The van der Waals surface area contributed by atoms with Crippen molar-refractivity contribution in [3.63, 3.8) is 0 Å². The highest BCUT2D eigenvalue weighted by Crippen LogP contribution is 2.48. The number of ketones is 1. The van der Waals surface area contributed by atoms with Gasteiger partial charge in [-0.05, 0) is 13.8 Å². The van der Waals surface area contributed by atoms with E-state index in [4.69, 9.17) is 9.47 Å². The first-order valence-corrected chi connectivity index (χ1v) is 7.12. The minimum atomic E-state index is -2.12. The number of amides is 1. The molecular formula is C15H17NO9. The number of esters is 3. The lowest BCUT2D eigenvalue weighted by Crippen LogP contribution is -2.61. The molecule has 1 saturated heterocycles. The molecule has 0 saturated carbocycles. The van der Waals surface area contributed by atoms with Crippen molar-refractivity contribution < 1.29 is 42.9 Å². The molecule has 1 amide bonds. The van der Waals surface area contributed by atoms with E-state index in [1.54, 1.807) is 0 Å². The molecule has 0 spiro atoms. The van der Waals surface area contributed by atoms with Crippen LogP contribution in [0.5, 0.6) is 0 Å². The van der Waals surface area contributed by atoms with E-state index in [1.807, 2.05) is 0 Å². The number of nitrogens with zero attached hydrogens (tertiary/aromatic N) is 1. The number of Topliss-reactive ketones (excluding diaryl/α,β-unsaturated/α-hetero) is 1. The Hall–Kier alpha value is -2.75. The maximum Gasteiger partial charge on any atom is 0.344 e. The molecule has 2 atom stereocenters. The maximum absolute atomic E-state index is 12.9. The highest BCUT2D eigenvalue weighted by atomic mass is 16.6. The molecule has 10 heteroatoms. The Morgan fingerprint density at radius 3 is 2.04 bits per heavy atom. The summed E-state index contributed by atoms with van der Waals surface area (Å²) in [7, 11) is 3.06. The van der Waals surface area contributed by atoms with Crippen LogP contribution in [0.2, 0.25) is 0 Å². The molecule has 0 radical (unpaired) electrons. The highest BCUT2D eigenvalue weighted by molar-refractivity contribution is 6.28. The van der Waals surface area contributed by atoms with Crippen molar-refractivity contribution in [3.8, 4) is 0 Å². The van der Waals surface area contributed by atoms with Gasteiger partial charge in [0.1, 0.15) is 5.57 Å². The summed E-state index contributed by atoms with van der Waals surface area (Å²) in [5.74, 6) is -4.98. The van der Waals surface area contributed by atoms with E-state index in [1.165, 1.54) is 6.92 Å². The zero-order chi connectivity index (χ0) is 19.2. The van der Waals surface area contributed by atoms with Crippen LogP contribution in [0.4, 0.5) is 0 Å². The van der Waals surface area contributed by atoms with E-state index in [2.05, 4.69) is 9.47 Å². The average Bonchev–Trinajstić information content (AvgIpc) is 3.05. The van der Waals surface area contributed by atoms with Gasteiger partial charge in [0.2, 0.25) is 11.3 Å². The predicted molar refractivity (Wildman–Crippen MR) is 77.7 cm³/mol. The number of methoxy groups -OCH3 is 3. The summed E-state index contributed by atoms with van der Waals surface area (Å²) < 4.78 is 19.3. The molecular weight excluding hydrogens is 338 g/mol. The number of fused-ring (bicyclic) bond motifs is 1. The second-order valence-corrected chi connectivity index (χ2v) is 5.55. The smallest absolute Gasteiger partial charge is 0.344 e. The van der Waals surface area contributed by atoms with E-state index >= 15 is 0 Å². The van der Waals surface area contributed by atoms with Gasteiger partial charge in [0, 0.05) is 0 Å². The zero-order valence-electron chi connectivity index (χ0n) is 14.3. The lowest BCUT2D eigenvalue weighted by atomic mass is 9.89. The first-order chi connectivity index (χ1) is 11.6. The van der Waals surface area contributed by atoms with Crippen molar-refractivity contribution in [1.82, 2.24) is 4.90 Å². The van der Waals surface area contributed by atoms with Crippen molar-refractivity contribution in [2.45, 2.75) is 25.1 Å². The second kappa shape index (κ2) is 5.96. The molecule has 0 aliphatic carbocycles. The fourth-order valence-electron chi connectivity index (χ4n) is 3.06. The van der Waals surface area contributed by atoms with Gasteiger partial charge in [-0.25, -0.2) is 14.4 Å². The maximum atomic E-state index is 12.9. The van der Waals surface area contributed by atoms with Crippen LogP contribution >= 0.6 is 0 Å². The molecule has 2 rings (SSSR count). The normalized spacial score (nSPS) is 27.9. The Balaban J connectivity index is 2.86. The van der Waals surface area contributed by atoms with Gasteiger partial charge in [-0.3, -0.25) is 14.5 Å². The van der Waals surface area contributed by atoms with E-state index in [-0.39, 0.29) is 0 Å². The molecule has 0 aromatic heterocycles. The minimum absolute atomic E-state index is 0.563. The van der Waals surface area contributed by atoms with Gasteiger partial charge in [-0.1, -0.05) is 0 Å². The molecule has 0 unspecified atom stereocenters. The summed E-state index contributed by atoms with van der Waals surface area (Å²) in [6.45, 7) is 1.84. The van der Waals surface area contributed by atoms with Crippen LogP contribution in [0.15, 0.2) is 11.1 Å². The molecule has 2 heterocycles. The summed E-state index contributed by atoms with van der Waals surface area (Å²) in [4.78, 5) is 62.7. The molecule has 2 aliphatic rings. The summed E-state index contributed by atoms with van der Waals surface area (Å²) >= 11 is 0. The number of carbonyl (C=O) groups excluding carboxylic acids is 5. The summed E-state index contributed by atoms with van der Waals surface area (Å²) in [5.41, 5.74) is -5.28. The van der Waals surface area contributed by atoms with Crippen LogP contribution in [0, 0.1) is 0 Å². The van der Waals surface area contributed by atoms with E-state index in [0.29, 0.717) is 0 Å². The second-order valence-electron chi connectivity index (χ2n) is 5.55. The van der Waals surface area contributed by atoms with Gasteiger partial charge in [0.25, 0.3) is 5.91 Å². The van der Waals surface area contributed by atoms with Crippen molar-refractivity contribution in [2.24, 2.45) is 0 Å². The van der Waals surface area contributed by atoms with E-state index in [0.717, 1.165) is 33.2 Å². The molecule has 0 aromatic carbocycles. The van der Waals surface area contributed by atoms with Crippen molar-refractivity contribution in [2.75, 3.05) is 27.9 Å². The zero-order valence-corrected chi connectivity index (χ0v) is 14.3. The largest absolute Gasteiger partial charge is 0.467 e. The van der Waals surface area contributed by atoms with Gasteiger partial charge in [-0.15, -0.1) is 0 Å². The van der Waals surface area contributed by atoms with Crippen molar-refractivity contribution in [1.29, 1.82) is 0 Å². The number of hydrogen-bond donors (Lipinski definition) is 0. The SMILES string of the molecule is COC(=O)C1=C(C(=O)OC)[C@@]2(C(=O)OC)CO[C@@](C)(C(C)=O)N2C1=O. The monoisotopic (exact) mass is 355 g/mol. The highest BCUT2D eigenvalue weighted by Gasteiger charge is 2.72. The molecule has 136 valence electrons. The summed E-state index contributed by atoms with van der Waals surface area (Å²) in [6.07, 6.45) is 0. The number of ether oxygens (including phenoxy) is 4. The number of hydrogen-bond acceptors (Lipinski definition) is 9. The van der Waals surface area contributed by atoms with Crippen molar-refractivity contribution in [3.05, 3.63) is 11.1 Å². The first-order valence-electron chi connectivity index (χ1n) is 7.12. The molecule has 0 aromatic rings. The van der Waals surface area contributed by atoms with Crippen LogP contribution in [-0.4, -0.2) is 73.7 Å². The predicted octanol–water partition coefficient (Wildman–Crippen LogP) is -1.28. The number of carbonyl (C=O) groups is 5. The third-order valence-corrected chi connectivity index (χ3v) is 4.41. The molecule has 0 bridgehead atoms. The summed E-state index contributed by atoms with van der Waals surface area (Å²) in [5, 5.41) is 0.